The van der Waals surface area contributed by atoms with Crippen molar-refractivity contribution in [3.05, 3.63) is 111 Å². The molecule has 3 saturated heterocycles. The van der Waals surface area contributed by atoms with Gasteiger partial charge in [0.25, 0.3) is 0 Å². The molecule has 3 aromatic rings. The van der Waals surface area contributed by atoms with E-state index in [1.807, 2.05) is 19.0 Å². The number of ether oxygens (including phenoxy) is 8. The molecule has 6 fully saturated rings. The van der Waals surface area contributed by atoms with Crippen LogP contribution in [0, 0.1) is 28.6 Å². The van der Waals surface area contributed by atoms with Crippen LogP contribution in [0.15, 0.2) is 72.3 Å². The van der Waals surface area contributed by atoms with Gasteiger partial charge in [0.05, 0.1) is 59.9 Å². The Labute approximate surface area is 603 Å². The molecular formula is C77H101F2N3O22. The van der Waals surface area contributed by atoms with Gasteiger partial charge in [-0.05, 0) is 152 Å². The van der Waals surface area contributed by atoms with Crippen LogP contribution in [0.1, 0.15) is 185 Å². The number of hydrogen-bond donors (Lipinski definition) is 8. The highest BCUT2D eigenvalue weighted by atomic mass is 19.1. The predicted molar refractivity (Wildman–Crippen MR) is 370 cm³/mol. The van der Waals surface area contributed by atoms with Gasteiger partial charge in [0.15, 0.2) is 47.7 Å². The molecular weight excluding hydrogens is 1360 g/mol. The Morgan fingerprint density at radius 3 is 2.06 bits per heavy atom. The number of fused-ring (bicyclic) bond motifs is 8. The van der Waals surface area contributed by atoms with E-state index in [9.17, 15) is 69.3 Å². The zero-order valence-corrected chi connectivity index (χ0v) is 61.0. The third-order valence-corrected chi connectivity index (χ3v) is 23.9. The van der Waals surface area contributed by atoms with Gasteiger partial charge in [0.2, 0.25) is 5.78 Å². The number of nitrogens with two attached hydrogens (primary N) is 1. The van der Waals surface area contributed by atoms with Gasteiger partial charge in [-0.15, -0.1) is 0 Å². The Hall–Kier alpha value is -6.83. The molecule has 0 spiro atoms. The summed E-state index contributed by atoms with van der Waals surface area (Å²) in [5.41, 5.74) is -2.58. The quantitative estimate of drug-likeness (QED) is 0.0399. The van der Waals surface area contributed by atoms with Crippen LogP contribution in [0.25, 0.3) is 0 Å². The first-order chi connectivity index (χ1) is 49.0. The fourth-order valence-electron chi connectivity index (χ4n) is 18.0. The molecule has 0 unspecified atom stereocenters. The van der Waals surface area contributed by atoms with E-state index in [0.717, 1.165) is 25.7 Å². The number of allylic oxidation sites excluding steroid dienone is 4. The highest BCUT2D eigenvalue weighted by Crippen LogP contribution is 2.71. The molecule has 27 heteroatoms. The molecule has 25 nitrogen and oxygen atoms in total. The first-order valence-corrected chi connectivity index (χ1v) is 36.0. The number of nitrogen functional groups attached to an aromatic ring is 1. The average Bonchev–Trinajstić information content (AvgIpc) is 1.42. The van der Waals surface area contributed by atoms with E-state index in [0.29, 0.717) is 30.7 Å². The number of halogens is 2. The molecule has 9 N–H and O–H groups in total. The number of esters is 2. The topological polar surface area (TPSA) is 367 Å². The summed E-state index contributed by atoms with van der Waals surface area (Å²) in [6, 6.07) is 11.8. The number of phenols is 2. The van der Waals surface area contributed by atoms with Crippen LogP contribution in [0.5, 0.6) is 11.5 Å². The number of nitrogens with zero attached hydrogens (tertiary/aromatic N) is 2. The van der Waals surface area contributed by atoms with E-state index in [1.54, 1.807) is 65.8 Å². The third kappa shape index (κ3) is 14.3. The summed E-state index contributed by atoms with van der Waals surface area (Å²) >= 11 is 0. The normalized spacial score (nSPS) is 36.9. The van der Waals surface area contributed by atoms with E-state index in [1.165, 1.54) is 50.5 Å². The van der Waals surface area contributed by atoms with E-state index in [4.69, 9.17) is 43.6 Å². The molecule has 0 radical (unpaired) electrons. The monoisotopic (exact) mass is 1460 g/mol. The van der Waals surface area contributed by atoms with Gasteiger partial charge in [0.1, 0.15) is 60.7 Å². The smallest absolute Gasteiger partial charge is 0.338 e. The predicted octanol–water partition coefficient (Wildman–Crippen LogP) is 6.77. The summed E-state index contributed by atoms with van der Waals surface area (Å²) in [4.78, 5) is 93.2. The summed E-state index contributed by atoms with van der Waals surface area (Å²) < 4.78 is 79.9. The number of carbonyl (C=O) groups excluding carboxylic acids is 7. The Kier molecular flexibility index (Phi) is 23.9. The molecule has 3 aliphatic heterocycles. The fourth-order valence-corrected chi connectivity index (χ4v) is 18.0. The van der Waals surface area contributed by atoms with Crippen molar-refractivity contribution in [2.75, 3.05) is 59.8 Å². The SMILES string of the molecule is CCN(CC)CCOC(=O)c1ccc(N)cc1.CC[C@@]1(O)C[C@H](O[C@H]2C[C@H](N(C)C)[C@H](O[C@H]3C[C@H](O)[C@H](O[C@H]4CCC(=O)[C@H](C)O4)[C@H](C)O3)[C@H](C)O2)c2c(cc3c(c2O)C(=O)c2c(O)cccc2C3=O)[C@H]1C(=O)OC.C[C@H]1C[C@H]2[C@@H]3C[C@H](F)C4=CC(=O)C=C[C@]4(C)[C@@]3(F)[C@@H](O)C[C@]2(C)[C@@]1(O)C(=O)CO. The molecule has 104 heavy (non-hydrogen) atoms. The number of anilines is 1. The summed E-state index contributed by atoms with van der Waals surface area (Å²) in [6.07, 6.45) is -6.22. The summed E-state index contributed by atoms with van der Waals surface area (Å²) in [5.74, 6) is -8.13. The van der Waals surface area contributed by atoms with Gasteiger partial charge in [-0.2, -0.15) is 0 Å². The number of alkyl halides is 2. The number of aliphatic hydroxyl groups is 5. The number of methoxy groups -OCH3 is 1. The van der Waals surface area contributed by atoms with Gasteiger partial charge in [-0.3, -0.25) is 28.8 Å². The van der Waals surface area contributed by atoms with E-state index in [2.05, 4.69) is 18.7 Å². The van der Waals surface area contributed by atoms with Gasteiger partial charge >= 0.3 is 11.9 Å². The molecule has 0 bridgehead atoms. The van der Waals surface area contributed by atoms with Crippen molar-refractivity contribution in [2.24, 2.45) is 28.6 Å². The fraction of sp³-hybridized carbons (Fsp3) is 0.623. The number of rotatable bonds is 17. The second-order valence-electron chi connectivity index (χ2n) is 29.9. The lowest BCUT2D eigenvalue weighted by atomic mass is 9.44. The van der Waals surface area contributed by atoms with Gasteiger partial charge in [-0.25, -0.2) is 13.6 Å². The Morgan fingerprint density at radius 1 is 0.788 bits per heavy atom. The summed E-state index contributed by atoms with van der Waals surface area (Å²) in [6.45, 7) is 18.2. The number of phenolic OH excluding ortho intramolecular Hbond substituents is 2. The standard InChI is InChI=1S/C42H53NO15.C22H28F2O5.C13H20N2O2/c1-8-42(51)17-28(33-22(35(42)41(50)52-7)14-23-34(38(33)49)37(48)32-21(36(23)47)10-9-11-26(32)45)56-30-15-24(43(5)6)39(19(3)54-30)58-31-16-27(46)40(20(4)55-31)57-29-13-12-25(44)18(2)53-29;1-11-6-13-14-8-16(23)15-7-12(26)4-5-19(15,2)21(14,24)17(27)9-20(13,3)22(11,29)18(28)10-25;1-3-15(4-2)9-10-17-13(16)11-5-7-12(14)8-6-11/h9-11,14,18-20,24,27-31,35,39-40,45-46,49,51H,8,12-13,15-17H2,1-7H3;4-5,7,11,13-14,16-17,25,27,29H,6,8-10H2,1-3H3;5-8H,3-4,9-10,14H2,1-2H3/t18-,19-,20-,24-,27-,28-,29-,30-,31-,35-,39+,40+,42+;11-,13-,14-,16-,17-,19-,20-,21-,22-;/m00./s1. The van der Waals surface area contributed by atoms with Crippen molar-refractivity contribution in [1.82, 2.24) is 9.80 Å². The molecule has 3 aromatic carbocycles. The number of aromatic hydroxyl groups is 2. The zero-order chi connectivity index (χ0) is 76.2. The van der Waals surface area contributed by atoms with Crippen molar-refractivity contribution in [1.29, 1.82) is 0 Å². The van der Waals surface area contributed by atoms with Crippen molar-refractivity contribution < 1.29 is 116 Å². The Balaban J connectivity index is 0.000000207. The third-order valence-electron chi connectivity index (χ3n) is 23.9. The van der Waals surface area contributed by atoms with E-state index in [-0.39, 0.29) is 102 Å². The van der Waals surface area contributed by atoms with Crippen LogP contribution in [-0.4, -0.2) is 231 Å². The molecule has 0 aromatic heterocycles. The van der Waals surface area contributed by atoms with Crippen molar-refractivity contribution >= 4 is 46.5 Å². The highest BCUT2D eigenvalue weighted by molar-refractivity contribution is 6.30. The maximum Gasteiger partial charge on any atom is 0.338 e. The minimum atomic E-state index is -2.24. The van der Waals surface area contributed by atoms with E-state index < -0.39 is 172 Å². The van der Waals surface area contributed by atoms with Crippen LogP contribution in [0.4, 0.5) is 14.5 Å². The molecule has 570 valence electrons. The number of benzene rings is 3. The molecule has 9 aliphatic rings. The van der Waals surface area contributed by atoms with Crippen LogP contribution < -0.4 is 5.73 Å². The number of aliphatic hydroxyl groups excluding tert-OH is 3. The number of ketones is 5. The molecule has 6 aliphatic carbocycles. The second-order valence-corrected chi connectivity index (χ2v) is 29.9. The lowest BCUT2D eigenvalue weighted by molar-refractivity contribution is -0.324. The molecule has 3 saturated carbocycles. The molecule has 0 amide bonds. The minimum absolute atomic E-state index is 0.00573. The van der Waals surface area contributed by atoms with Crippen LogP contribution in [0.2, 0.25) is 0 Å². The number of hydrogen-bond acceptors (Lipinski definition) is 25. The van der Waals surface area contributed by atoms with Crippen LogP contribution >= 0.6 is 0 Å². The van der Waals surface area contributed by atoms with Crippen LogP contribution in [-0.2, 0) is 57.1 Å². The molecule has 12 rings (SSSR count). The van der Waals surface area contributed by atoms with E-state index >= 15 is 8.78 Å². The number of Topliss-reactive ketones (excluding diaryl/α,β-unsaturated/α-hetero) is 2. The van der Waals surface area contributed by atoms with Crippen molar-refractivity contribution in [2.45, 2.75) is 223 Å². The van der Waals surface area contributed by atoms with Gasteiger partial charge in [-0.1, -0.05) is 52.8 Å². The minimum Gasteiger partial charge on any atom is -0.507 e. The van der Waals surface area contributed by atoms with Crippen molar-refractivity contribution in [3.63, 3.8) is 0 Å². The summed E-state index contributed by atoms with van der Waals surface area (Å²) in [7, 11) is 4.91. The molecule has 3 heterocycles. The Morgan fingerprint density at radius 2 is 1.44 bits per heavy atom. The maximum absolute atomic E-state index is 16.9. The first-order valence-electron chi connectivity index (χ1n) is 36.0. The first kappa shape index (κ1) is 79.7. The van der Waals surface area contributed by atoms with Crippen molar-refractivity contribution in [3.8, 4) is 11.5 Å². The molecule has 22 atom stereocenters. The summed E-state index contributed by atoms with van der Waals surface area (Å²) in [5, 5.41) is 77.7. The lowest BCUT2D eigenvalue weighted by Gasteiger charge is -2.63. The van der Waals surface area contributed by atoms with Crippen LogP contribution in [0.3, 0.4) is 0 Å². The average molecular weight is 1460 g/mol. The van der Waals surface area contributed by atoms with Gasteiger partial charge in [0, 0.05) is 83.8 Å². The van der Waals surface area contributed by atoms with Gasteiger partial charge < -0.3 is 89.2 Å². The zero-order valence-electron chi connectivity index (χ0n) is 61.0. The number of carbonyl (C=O) groups is 7. The number of likely N-dealkylation sites (N-methyl/N-ethyl adjacent to an activating group) is 2. The maximum atomic E-state index is 16.9. The lowest BCUT2D eigenvalue weighted by Crippen LogP contribution is -2.70. The second kappa shape index (κ2) is 31.2. The largest absolute Gasteiger partial charge is 0.507 e. The Bertz CT molecular complexity index is 3800. The highest BCUT2D eigenvalue weighted by Gasteiger charge is 2.76.